The van der Waals surface area contributed by atoms with Gasteiger partial charge in [-0.15, -0.1) is 6.58 Å². The molecule has 0 aliphatic heterocycles. The summed E-state index contributed by atoms with van der Waals surface area (Å²) in [5, 5.41) is 8.44. The lowest BCUT2D eigenvalue weighted by atomic mass is 10.3. The Bertz CT molecular complexity index is 240. The molecule has 0 aromatic carbocycles. The molecule has 0 spiro atoms. The van der Waals surface area contributed by atoms with E-state index in [9.17, 15) is 9.59 Å². The van der Waals surface area contributed by atoms with Crippen LogP contribution in [0.5, 0.6) is 0 Å². The lowest BCUT2D eigenvalue weighted by molar-refractivity contribution is -0.142. The number of carboxylic acids is 1. The summed E-state index contributed by atoms with van der Waals surface area (Å²) in [5.41, 5.74) is 0. The molecule has 5 nitrogen and oxygen atoms in total. The van der Waals surface area contributed by atoms with Gasteiger partial charge >= 0.3 is 5.97 Å². The Kier molecular flexibility index (Phi) is 6.37. The van der Waals surface area contributed by atoms with Crippen molar-refractivity contribution in [2.45, 2.75) is 19.4 Å². The molecule has 0 fully saturated rings. The second-order valence-electron chi connectivity index (χ2n) is 3.17. The Balaban J connectivity index is 3.95. The van der Waals surface area contributed by atoms with Gasteiger partial charge in [0.25, 0.3) is 5.91 Å². The Morgan fingerprint density at radius 3 is 2.67 bits per heavy atom. The molecule has 1 amide bonds. The van der Waals surface area contributed by atoms with Crippen LogP contribution in [0.3, 0.4) is 0 Å². The number of carbonyl (C=O) groups is 2. The smallest absolute Gasteiger partial charge is 0.305 e. The number of rotatable bonds is 7. The highest BCUT2D eigenvalue weighted by Crippen LogP contribution is 1.98. The van der Waals surface area contributed by atoms with Gasteiger partial charge in [0.2, 0.25) is 0 Å². The first-order chi connectivity index (χ1) is 6.99. The monoisotopic (exact) mass is 215 g/mol. The standard InChI is InChI=1S/C10H17NO4/c1-4-7-15-8(2)10(14)11(3)6-5-9(12)13/h4,8H,1,5-7H2,2-3H3,(H,12,13). The molecule has 15 heavy (non-hydrogen) atoms. The van der Waals surface area contributed by atoms with Gasteiger partial charge in [-0.1, -0.05) is 6.08 Å². The molecule has 86 valence electrons. The van der Waals surface area contributed by atoms with Gasteiger partial charge in [0.05, 0.1) is 13.0 Å². The van der Waals surface area contributed by atoms with Crippen LogP contribution in [0.25, 0.3) is 0 Å². The number of carboxylic acid groups (broad SMARTS) is 1. The average Bonchev–Trinajstić information content (AvgIpc) is 2.21. The number of amides is 1. The van der Waals surface area contributed by atoms with Crippen molar-refractivity contribution in [1.29, 1.82) is 0 Å². The molecular weight excluding hydrogens is 198 g/mol. The molecule has 0 aliphatic rings. The third-order valence-corrected chi connectivity index (χ3v) is 1.85. The zero-order valence-corrected chi connectivity index (χ0v) is 9.10. The molecule has 0 saturated heterocycles. The second-order valence-corrected chi connectivity index (χ2v) is 3.17. The zero-order valence-electron chi connectivity index (χ0n) is 9.10. The summed E-state index contributed by atoms with van der Waals surface area (Å²) in [6.45, 7) is 5.59. The Hall–Kier alpha value is -1.36. The molecule has 0 saturated carbocycles. The van der Waals surface area contributed by atoms with Gasteiger partial charge in [-0.2, -0.15) is 0 Å². The van der Waals surface area contributed by atoms with Crippen molar-refractivity contribution < 1.29 is 19.4 Å². The lowest BCUT2D eigenvalue weighted by Gasteiger charge is -2.20. The largest absolute Gasteiger partial charge is 0.481 e. The molecule has 1 N–H and O–H groups in total. The number of likely N-dealkylation sites (N-methyl/N-ethyl adjacent to an activating group) is 1. The number of carbonyl (C=O) groups excluding carboxylic acids is 1. The summed E-state index contributed by atoms with van der Waals surface area (Å²) in [6.07, 6.45) is 0.930. The molecule has 0 aromatic heterocycles. The maximum Gasteiger partial charge on any atom is 0.305 e. The molecule has 0 rings (SSSR count). The Morgan fingerprint density at radius 2 is 2.20 bits per heavy atom. The van der Waals surface area contributed by atoms with E-state index in [1.165, 1.54) is 4.90 Å². The molecule has 0 aromatic rings. The quantitative estimate of drug-likeness (QED) is 0.628. The fraction of sp³-hybridized carbons (Fsp3) is 0.600. The summed E-state index contributed by atoms with van der Waals surface area (Å²) < 4.78 is 5.12. The normalized spacial score (nSPS) is 11.9. The molecule has 1 atom stereocenters. The Morgan fingerprint density at radius 1 is 1.60 bits per heavy atom. The van der Waals surface area contributed by atoms with E-state index in [2.05, 4.69) is 6.58 Å². The van der Waals surface area contributed by atoms with Crippen LogP contribution in [-0.4, -0.2) is 48.2 Å². The van der Waals surface area contributed by atoms with Crippen molar-refractivity contribution in [3.05, 3.63) is 12.7 Å². The third-order valence-electron chi connectivity index (χ3n) is 1.85. The average molecular weight is 215 g/mol. The van der Waals surface area contributed by atoms with Crippen molar-refractivity contribution in [2.75, 3.05) is 20.2 Å². The van der Waals surface area contributed by atoms with E-state index in [1.807, 2.05) is 0 Å². The fourth-order valence-corrected chi connectivity index (χ4v) is 0.968. The summed E-state index contributed by atoms with van der Waals surface area (Å²) in [7, 11) is 1.55. The minimum atomic E-state index is -0.922. The van der Waals surface area contributed by atoms with Crippen molar-refractivity contribution in [2.24, 2.45) is 0 Å². The van der Waals surface area contributed by atoms with E-state index in [-0.39, 0.29) is 18.9 Å². The van der Waals surface area contributed by atoms with Crippen molar-refractivity contribution in [1.82, 2.24) is 4.90 Å². The lowest BCUT2D eigenvalue weighted by Crippen LogP contribution is -2.37. The predicted molar refractivity (Wildman–Crippen MR) is 55.5 cm³/mol. The van der Waals surface area contributed by atoms with E-state index in [4.69, 9.17) is 9.84 Å². The van der Waals surface area contributed by atoms with Gasteiger partial charge in [-0.25, -0.2) is 0 Å². The van der Waals surface area contributed by atoms with Gasteiger partial charge in [0.1, 0.15) is 6.10 Å². The number of nitrogens with zero attached hydrogens (tertiary/aromatic N) is 1. The van der Waals surface area contributed by atoms with E-state index < -0.39 is 12.1 Å². The summed E-state index contributed by atoms with van der Waals surface area (Å²) in [4.78, 5) is 23.2. The zero-order chi connectivity index (χ0) is 11.8. The van der Waals surface area contributed by atoms with Gasteiger partial charge in [0.15, 0.2) is 0 Å². The Labute approximate surface area is 89.3 Å². The minimum Gasteiger partial charge on any atom is -0.481 e. The highest BCUT2D eigenvalue weighted by atomic mass is 16.5. The third kappa shape index (κ3) is 5.85. The number of hydrogen-bond donors (Lipinski definition) is 1. The number of hydrogen-bond acceptors (Lipinski definition) is 3. The van der Waals surface area contributed by atoms with Crippen molar-refractivity contribution in [3.63, 3.8) is 0 Å². The molecule has 5 heteroatoms. The van der Waals surface area contributed by atoms with Crippen LogP contribution in [0.1, 0.15) is 13.3 Å². The van der Waals surface area contributed by atoms with Crippen LogP contribution >= 0.6 is 0 Å². The SMILES string of the molecule is C=CCOC(C)C(=O)N(C)CCC(=O)O. The first-order valence-electron chi connectivity index (χ1n) is 4.68. The van der Waals surface area contributed by atoms with Gasteiger partial charge in [0, 0.05) is 13.6 Å². The highest BCUT2D eigenvalue weighted by Gasteiger charge is 2.17. The van der Waals surface area contributed by atoms with Crippen LogP contribution in [-0.2, 0) is 14.3 Å². The van der Waals surface area contributed by atoms with Crippen LogP contribution in [0.2, 0.25) is 0 Å². The van der Waals surface area contributed by atoms with Crippen LogP contribution in [0, 0.1) is 0 Å². The van der Waals surface area contributed by atoms with Crippen molar-refractivity contribution in [3.8, 4) is 0 Å². The van der Waals surface area contributed by atoms with E-state index >= 15 is 0 Å². The van der Waals surface area contributed by atoms with E-state index in [1.54, 1.807) is 20.0 Å². The van der Waals surface area contributed by atoms with Crippen LogP contribution < -0.4 is 0 Å². The first kappa shape index (κ1) is 13.6. The molecule has 0 radical (unpaired) electrons. The van der Waals surface area contributed by atoms with Crippen LogP contribution in [0.4, 0.5) is 0 Å². The molecule has 1 unspecified atom stereocenters. The maximum atomic E-state index is 11.5. The first-order valence-corrected chi connectivity index (χ1v) is 4.68. The number of aliphatic carboxylic acids is 1. The summed E-state index contributed by atoms with van der Waals surface area (Å²) in [6, 6.07) is 0. The minimum absolute atomic E-state index is 0.0591. The maximum absolute atomic E-state index is 11.5. The van der Waals surface area contributed by atoms with Crippen LogP contribution in [0.15, 0.2) is 12.7 Å². The summed E-state index contributed by atoms with van der Waals surface area (Å²) in [5.74, 6) is -1.15. The molecule has 0 aliphatic carbocycles. The van der Waals surface area contributed by atoms with Gasteiger partial charge in [-0.3, -0.25) is 9.59 Å². The molecule has 0 heterocycles. The molecule has 0 bridgehead atoms. The second kappa shape index (κ2) is 7.00. The fourth-order valence-electron chi connectivity index (χ4n) is 0.968. The van der Waals surface area contributed by atoms with Crippen molar-refractivity contribution >= 4 is 11.9 Å². The molecular formula is C10H17NO4. The predicted octanol–water partition coefficient (Wildman–Crippen LogP) is 0.511. The summed E-state index contributed by atoms with van der Waals surface area (Å²) >= 11 is 0. The number of ether oxygens (including phenoxy) is 1. The van der Waals surface area contributed by atoms with Gasteiger partial charge < -0.3 is 14.7 Å². The topological polar surface area (TPSA) is 66.8 Å². The van der Waals surface area contributed by atoms with Gasteiger partial charge in [-0.05, 0) is 6.92 Å². The highest BCUT2D eigenvalue weighted by molar-refractivity contribution is 5.80. The van der Waals surface area contributed by atoms with E-state index in [0.717, 1.165) is 0 Å². The van der Waals surface area contributed by atoms with E-state index in [0.29, 0.717) is 6.61 Å².